The van der Waals surface area contributed by atoms with Crippen LogP contribution in [0.2, 0.25) is 10.0 Å². The number of rotatable bonds is 10. The van der Waals surface area contributed by atoms with Crippen molar-refractivity contribution in [2.45, 2.75) is 38.1 Å². The largest absolute Gasteiger partial charge is 0.481 e. The number of amidine groups is 1. The van der Waals surface area contributed by atoms with E-state index < -0.39 is 12.0 Å². The molecule has 0 spiro atoms. The first kappa shape index (κ1) is 22.7. The van der Waals surface area contributed by atoms with Crippen molar-refractivity contribution < 1.29 is 14.7 Å². The Morgan fingerprint density at radius 2 is 1.76 bits per heavy atom. The molecular weight excluding hydrogens is 413 g/mol. The highest BCUT2D eigenvalue weighted by Gasteiger charge is 2.19. The van der Waals surface area contributed by atoms with Crippen LogP contribution in [-0.2, 0) is 16.0 Å². The summed E-state index contributed by atoms with van der Waals surface area (Å²) in [4.78, 5) is 23.5. The molecular formula is C21H23Cl2N3O3. The Bertz CT molecular complexity index is 885. The van der Waals surface area contributed by atoms with E-state index in [0.717, 1.165) is 18.4 Å². The number of nitrogen functional groups attached to an aromatic ring is 1. The van der Waals surface area contributed by atoms with E-state index in [1.807, 2.05) is 12.1 Å². The zero-order valence-corrected chi connectivity index (χ0v) is 17.3. The quantitative estimate of drug-likeness (QED) is 0.252. The van der Waals surface area contributed by atoms with Gasteiger partial charge in [0.05, 0.1) is 22.5 Å². The lowest BCUT2D eigenvalue weighted by molar-refractivity contribution is -0.137. The Hall–Kier alpha value is -2.57. The van der Waals surface area contributed by atoms with Gasteiger partial charge in [0, 0.05) is 12.0 Å². The highest BCUT2D eigenvalue weighted by atomic mass is 35.5. The van der Waals surface area contributed by atoms with E-state index in [1.54, 1.807) is 30.3 Å². The lowest BCUT2D eigenvalue weighted by atomic mass is 10.0. The van der Waals surface area contributed by atoms with Crippen LogP contribution in [-0.4, -0.2) is 22.8 Å². The number of benzene rings is 2. The summed E-state index contributed by atoms with van der Waals surface area (Å²) >= 11 is 11.9. The van der Waals surface area contributed by atoms with Crippen LogP contribution in [0, 0.1) is 5.41 Å². The average Bonchev–Trinajstić information content (AvgIpc) is 2.67. The maximum absolute atomic E-state index is 12.3. The van der Waals surface area contributed by atoms with Gasteiger partial charge in [-0.1, -0.05) is 53.5 Å². The van der Waals surface area contributed by atoms with Crippen LogP contribution in [0.25, 0.3) is 0 Å². The molecule has 0 saturated carbocycles. The van der Waals surface area contributed by atoms with Gasteiger partial charge in [0.2, 0.25) is 5.91 Å². The molecule has 0 aliphatic carbocycles. The van der Waals surface area contributed by atoms with Crippen molar-refractivity contribution in [2.75, 3.05) is 0 Å². The van der Waals surface area contributed by atoms with Gasteiger partial charge in [-0.3, -0.25) is 15.0 Å². The van der Waals surface area contributed by atoms with Crippen molar-refractivity contribution in [1.29, 1.82) is 5.41 Å². The molecule has 2 aromatic carbocycles. The standard InChI is InChI=1S/C21H23Cl2N3O3/c22-16-10-9-15(11-17(16)23)18(12-20(28)29)26-19(27)4-2-1-3-13-5-7-14(8-6-13)21(24)25/h5-11,18H,1-4,12H2,(H3,24,25)(H,26,27)(H,28,29). The van der Waals surface area contributed by atoms with Crippen molar-refractivity contribution in [2.24, 2.45) is 5.73 Å². The first-order valence-electron chi connectivity index (χ1n) is 9.15. The minimum absolute atomic E-state index is 0.0334. The van der Waals surface area contributed by atoms with Gasteiger partial charge in [0.1, 0.15) is 5.84 Å². The molecule has 2 aromatic rings. The molecule has 0 heterocycles. The van der Waals surface area contributed by atoms with Gasteiger partial charge in [0.15, 0.2) is 0 Å². The van der Waals surface area contributed by atoms with Crippen LogP contribution < -0.4 is 11.1 Å². The molecule has 0 radical (unpaired) electrons. The fourth-order valence-corrected chi connectivity index (χ4v) is 3.19. The van der Waals surface area contributed by atoms with Gasteiger partial charge in [0.25, 0.3) is 0 Å². The Kier molecular flexibility index (Phi) is 8.49. The minimum atomic E-state index is -1.02. The first-order valence-corrected chi connectivity index (χ1v) is 9.91. The number of unbranched alkanes of at least 4 members (excludes halogenated alkanes) is 1. The molecule has 0 fully saturated rings. The van der Waals surface area contributed by atoms with Crippen molar-refractivity contribution >= 4 is 40.9 Å². The monoisotopic (exact) mass is 435 g/mol. The fourth-order valence-electron chi connectivity index (χ4n) is 2.89. The van der Waals surface area contributed by atoms with Crippen LogP contribution in [0.5, 0.6) is 0 Å². The van der Waals surface area contributed by atoms with Crippen LogP contribution in [0.15, 0.2) is 42.5 Å². The number of halogens is 2. The number of carboxylic acids is 1. The van der Waals surface area contributed by atoms with E-state index in [-0.39, 0.29) is 18.2 Å². The summed E-state index contributed by atoms with van der Waals surface area (Å²) < 4.78 is 0. The number of nitrogens with two attached hydrogens (primary N) is 1. The molecule has 0 aliphatic heterocycles. The number of hydrogen-bond acceptors (Lipinski definition) is 3. The van der Waals surface area contributed by atoms with Gasteiger partial charge in [-0.15, -0.1) is 0 Å². The molecule has 0 aromatic heterocycles. The Balaban J connectivity index is 1.85. The minimum Gasteiger partial charge on any atom is -0.481 e. The molecule has 0 saturated heterocycles. The molecule has 1 atom stereocenters. The number of aliphatic carboxylic acids is 1. The Morgan fingerprint density at radius 1 is 1.07 bits per heavy atom. The van der Waals surface area contributed by atoms with Crippen LogP contribution in [0.1, 0.15) is 48.4 Å². The molecule has 8 heteroatoms. The zero-order chi connectivity index (χ0) is 21.4. The fraction of sp³-hybridized carbons (Fsp3) is 0.286. The third-order valence-corrected chi connectivity index (χ3v) is 5.18. The lowest BCUT2D eigenvalue weighted by Gasteiger charge is -2.18. The van der Waals surface area contributed by atoms with Crippen molar-refractivity contribution in [3.8, 4) is 0 Å². The summed E-state index contributed by atoms with van der Waals surface area (Å²) in [6.45, 7) is 0. The van der Waals surface area contributed by atoms with E-state index >= 15 is 0 Å². The second kappa shape index (κ2) is 10.8. The number of carbonyl (C=O) groups is 2. The van der Waals surface area contributed by atoms with E-state index in [2.05, 4.69) is 5.32 Å². The highest BCUT2D eigenvalue weighted by Crippen LogP contribution is 2.27. The summed E-state index contributed by atoms with van der Waals surface area (Å²) in [6, 6.07) is 11.6. The van der Waals surface area contributed by atoms with Gasteiger partial charge in [-0.2, -0.15) is 0 Å². The summed E-state index contributed by atoms with van der Waals surface area (Å²) in [5.41, 5.74) is 7.82. The summed E-state index contributed by atoms with van der Waals surface area (Å²) in [6.07, 6.45) is 2.33. The Labute approximate surface area is 179 Å². The molecule has 0 bridgehead atoms. The molecule has 1 amide bonds. The predicted molar refractivity (Wildman–Crippen MR) is 115 cm³/mol. The number of aryl methyl sites for hydroxylation is 1. The van der Waals surface area contributed by atoms with Crippen LogP contribution in [0.3, 0.4) is 0 Å². The third kappa shape index (κ3) is 7.40. The molecule has 0 aliphatic rings. The van der Waals surface area contributed by atoms with Crippen molar-refractivity contribution in [1.82, 2.24) is 5.32 Å². The van der Waals surface area contributed by atoms with Gasteiger partial charge < -0.3 is 16.2 Å². The van der Waals surface area contributed by atoms with Gasteiger partial charge in [-0.05, 0) is 42.5 Å². The molecule has 2 rings (SSSR count). The SMILES string of the molecule is N=C(N)c1ccc(CCCCC(=O)NC(CC(=O)O)c2ccc(Cl)c(Cl)c2)cc1. The summed E-state index contributed by atoms with van der Waals surface area (Å²) in [5.74, 6) is -1.20. The van der Waals surface area contributed by atoms with Crippen LogP contribution >= 0.6 is 23.2 Å². The van der Waals surface area contributed by atoms with E-state index in [0.29, 0.717) is 34.0 Å². The second-order valence-electron chi connectivity index (χ2n) is 6.71. The van der Waals surface area contributed by atoms with Gasteiger partial charge >= 0.3 is 5.97 Å². The highest BCUT2D eigenvalue weighted by molar-refractivity contribution is 6.42. The normalized spacial score (nSPS) is 11.7. The third-order valence-electron chi connectivity index (χ3n) is 4.44. The first-order chi connectivity index (χ1) is 13.8. The predicted octanol–water partition coefficient (Wildman–Crippen LogP) is 4.32. The molecule has 1 unspecified atom stereocenters. The maximum atomic E-state index is 12.3. The molecule has 5 N–H and O–H groups in total. The number of carbonyl (C=O) groups excluding carboxylic acids is 1. The van der Waals surface area contributed by atoms with E-state index in [1.165, 1.54) is 0 Å². The van der Waals surface area contributed by atoms with Crippen LogP contribution in [0.4, 0.5) is 0 Å². The van der Waals surface area contributed by atoms with Crippen molar-refractivity contribution in [3.05, 3.63) is 69.2 Å². The molecule has 29 heavy (non-hydrogen) atoms. The second-order valence-corrected chi connectivity index (χ2v) is 7.52. The topological polar surface area (TPSA) is 116 Å². The summed E-state index contributed by atoms with van der Waals surface area (Å²) in [5, 5.41) is 20.0. The van der Waals surface area contributed by atoms with Gasteiger partial charge in [-0.25, -0.2) is 0 Å². The Morgan fingerprint density at radius 3 is 2.34 bits per heavy atom. The van der Waals surface area contributed by atoms with E-state index in [4.69, 9.17) is 39.5 Å². The zero-order valence-electron chi connectivity index (χ0n) is 15.8. The number of nitrogens with one attached hydrogen (secondary N) is 2. The van der Waals surface area contributed by atoms with Crippen molar-refractivity contribution in [3.63, 3.8) is 0 Å². The smallest absolute Gasteiger partial charge is 0.305 e. The number of hydrogen-bond donors (Lipinski definition) is 4. The molecule has 6 nitrogen and oxygen atoms in total. The van der Waals surface area contributed by atoms with E-state index in [9.17, 15) is 9.59 Å². The lowest BCUT2D eigenvalue weighted by Crippen LogP contribution is -2.30. The molecule has 154 valence electrons. The average molecular weight is 436 g/mol. The number of carboxylic acid groups (broad SMARTS) is 1. The maximum Gasteiger partial charge on any atom is 0.305 e. The summed E-state index contributed by atoms with van der Waals surface area (Å²) in [7, 11) is 0. The number of amides is 1.